The molecule has 3 heteroatoms. The van der Waals surface area contributed by atoms with Crippen molar-refractivity contribution in [2.45, 2.75) is 57.9 Å². The lowest BCUT2D eigenvalue weighted by molar-refractivity contribution is -0.0622. The monoisotopic (exact) mass is 367 g/mol. The van der Waals surface area contributed by atoms with Gasteiger partial charge in [0, 0.05) is 15.9 Å². The molecule has 4 fully saturated rings. The fourth-order valence-corrected chi connectivity index (χ4v) is 7.68. The van der Waals surface area contributed by atoms with E-state index in [0.717, 1.165) is 24.3 Å². The maximum absolute atomic E-state index is 3.78. The van der Waals surface area contributed by atoms with Crippen molar-refractivity contribution in [3.63, 3.8) is 0 Å². The smallest absolute Gasteiger partial charge is 0.0344 e. The van der Waals surface area contributed by atoms with E-state index in [0.29, 0.717) is 11.5 Å². The summed E-state index contributed by atoms with van der Waals surface area (Å²) in [6.07, 6.45) is 10.6. The van der Waals surface area contributed by atoms with E-state index in [4.69, 9.17) is 0 Å². The van der Waals surface area contributed by atoms with Crippen LogP contribution in [0.3, 0.4) is 0 Å². The van der Waals surface area contributed by atoms with Gasteiger partial charge in [-0.05, 0) is 102 Å². The summed E-state index contributed by atoms with van der Waals surface area (Å²) in [4.78, 5) is 0. The first-order valence-electron chi connectivity index (χ1n) is 8.62. The topological polar surface area (TPSA) is 12.0 Å². The predicted octanol–water partition coefficient (Wildman–Crippen LogP) is 5.77. The van der Waals surface area contributed by atoms with Gasteiger partial charge < -0.3 is 5.32 Å². The Labute approximate surface area is 141 Å². The second-order valence-electron chi connectivity index (χ2n) is 7.91. The molecule has 21 heavy (non-hydrogen) atoms. The highest BCUT2D eigenvalue weighted by Crippen LogP contribution is 2.62. The maximum Gasteiger partial charge on any atom is 0.0344 e. The van der Waals surface area contributed by atoms with Gasteiger partial charge in [-0.3, -0.25) is 0 Å². The first kappa shape index (κ1) is 14.7. The largest absolute Gasteiger partial charge is 0.310 e. The molecule has 1 aromatic rings. The summed E-state index contributed by atoms with van der Waals surface area (Å²) in [6, 6.07) is 0.548. The molecule has 0 radical (unpaired) electrons. The van der Waals surface area contributed by atoms with Crippen LogP contribution in [0.2, 0.25) is 0 Å². The zero-order valence-electron chi connectivity index (χ0n) is 12.9. The van der Waals surface area contributed by atoms with Gasteiger partial charge in [-0.1, -0.05) is 6.92 Å². The van der Waals surface area contributed by atoms with Crippen LogP contribution in [0.1, 0.15) is 63.5 Å². The Bertz CT molecular complexity index is 474. The molecule has 1 aromatic heterocycles. The van der Waals surface area contributed by atoms with Crippen molar-refractivity contribution in [3.8, 4) is 0 Å². The Morgan fingerprint density at radius 3 is 2.29 bits per heavy atom. The first-order valence-corrected chi connectivity index (χ1v) is 10.4. The highest BCUT2D eigenvalue weighted by molar-refractivity contribution is 9.10. The van der Waals surface area contributed by atoms with Crippen LogP contribution >= 0.6 is 27.3 Å². The zero-order valence-corrected chi connectivity index (χ0v) is 15.3. The molecule has 4 aliphatic rings. The van der Waals surface area contributed by atoms with E-state index in [-0.39, 0.29) is 0 Å². The molecule has 0 spiro atoms. The van der Waals surface area contributed by atoms with E-state index in [1.165, 1.54) is 35.7 Å². The number of nitrogens with one attached hydrogen (secondary N) is 1. The molecule has 116 valence electrons. The van der Waals surface area contributed by atoms with Gasteiger partial charge in [0.15, 0.2) is 0 Å². The van der Waals surface area contributed by atoms with Crippen molar-refractivity contribution < 1.29 is 0 Å². The van der Waals surface area contributed by atoms with E-state index in [1.54, 1.807) is 19.3 Å². The third-order valence-electron chi connectivity index (χ3n) is 6.27. The van der Waals surface area contributed by atoms with Crippen LogP contribution in [-0.4, -0.2) is 6.54 Å². The fraction of sp³-hybridized carbons (Fsp3) is 0.778. The Hall–Kier alpha value is 0.140. The summed E-state index contributed by atoms with van der Waals surface area (Å²) in [5.74, 6) is 3.18. The highest BCUT2D eigenvalue weighted by atomic mass is 79.9. The van der Waals surface area contributed by atoms with Crippen molar-refractivity contribution in [3.05, 3.63) is 20.8 Å². The van der Waals surface area contributed by atoms with Crippen LogP contribution in [0.5, 0.6) is 0 Å². The van der Waals surface area contributed by atoms with Crippen molar-refractivity contribution in [1.29, 1.82) is 0 Å². The Morgan fingerprint density at radius 1 is 1.19 bits per heavy atom. The van der Waals surface area contributed by atoms with E-state index < -0.39 is 0 Å². The summed E-state index contributed by atoms with van der Waals surface area (Å²) >= 11 is 5.58. The maximum atomic E-state index is 3.78. The second kappa shape index (κ2) is 5.65. The number of thiophene rings is 1. The fourth-order valence-electron chi connectivity index (χ4n) is 6.05. The normalized spacial score (nSPS) is 38.9. The first-order chi connectivity index (χ1) is 10.2. The molecule has 0 aromatic carbocycles. The predicted molar refractivity (Wildman–Crippen MR) is 93.7 cm³/mol. The lowest BCUT2D eigenvalue weighted by Crippen LogP contribution is -2.47. The lowest BCUT2D eigenvalue weighted by atomic mass is 9.48. The minimum Gasteiger partial charge on any atom is -0.310 e. The van der Waals surface area contributed by atoms with Gasteiger partial charge in [0.05, 0.1) is 0 Å². The third-order valence-corrected chi connectivity index (χ3v) is 8.02. The molecule has 0 saturated heterocycles. The van der Waals surface area contributed by atoms with Crippen LogP contribution in [0.25, 0.3) is 0 Å². The second-order valence-corrected chi connectivity index (χ2v) is 9.50. The average Bonchev–Trinajstić information content (AvgIpc) is 2.82. The van der Waals surface area contributed by atoms with Crippen molar-refractivity contribution in [2.75, 3.05) is 6.54 Å². The molecule has 1 atom stereocenters. The molecule has 5 rings (SSSR count). The van der Waals surface area contributed by atoms with E-state index in [2.05, 4.69) is 38.9 Å². The highest BCUT2D eigenvalue weighted by Gasteiger charge is 2.51. The van der Waals surface area contributed by atoms with Crippen LogP contribution in [0.15, 0.2) is 15.2 Å². The quantitative estimate of drug-likeness (QED) is 0.696. The number of hydrogen-bond acceptors (Lipinski definition) is 2. The summed E-state index contributed by atoms with van der Waals surface area (Å²) in [5.41, 5.74) is 2.15. The molecule has 4 saturated carbocycles. The minimum absolute atomic E-state index is 0.548. The lowest BCUT2D eigenvalue weighted by Gasteiger charge is -2.57. The average molecular weight is 368 g/mol. The van der Waals surface area contributed by atoms with Crippen LogP contribution in [0, 0.1) is 23.2 Å². The summed E-state index contributed by atoms with van der Waals surface area (Å²) in [6.45, 7) is 3.31. The number of halogens is 1. The van der Waals surface area contributed by atoms with E-state index in [9.17, 15) is 0 Å². The Balaban J connectivity index is 1.57. The molecule has 0 aliphatic heterocycles. The third kappa shape index (κ3) is 2.74. The van der Waals surface area contributed by atoms with Gasteiger partial charge in [-0.25, -0.2) is 0 Å². The number of hydrogen-bond donors (Lipinski definition) is 1. The molecule has 4 aliphatic carbocycles. The number of rotatable bonds is 5. The van der Waals surface area contributed by atoms with Crippen molar-refractivity contribution in [2.24, 2.45) is 23.2 Å². The SMILES string of the molecule is CCNC(CC12CC3CC(CC(C3)C1)C2)c1cscc1Br. The molecule has 1 unspecified atom stereocenters. The van der Waals surface area contributed by atoms with Crippen LogP contribution in [-0.2, 0) is 0 Å². The van der Waals surface area contributed by atoms with Gasteiger partial charge in [-0.2, -0.15) is 11.3 Å². The minimum atomic E-state index is 0.548. The molecule has 4 bridgehead atoms. The molecule has 1 N–H and O–H groups in total. The Kier molecular flexibility index (Phi) is 3.96. The molecule has 0 amide bonds. The molecule has 1 nitrogen and oxygen atoms in total. The summed E-state index contributed by atoms with van der Waals surface area (Å²) in [5, 5.41) is 8.36. The van der Waals surface area contributed by atoms with Gasteiger partial charge >= 0.3 is 0 Å². The van der Waals surface area contributed by atoms with Crippen LogP contribution in [0.4, 0.5) is 0 Å². The van der Waals surface area contributed by atoms with Crippen LogP contribution < -0.4 is 5.32 Å². The summed E-state index contributed by atoms with van der Waals surface area (Å²) < 4.78 is 1.31. The van der Waals surface area contributed by atoms with Crippen molar-refractivity contribution in [1.82, 2.24) is 5.32 Å². The van der Waals surface area contributed by atoms with Gasteiger partial charge in [-0.15, -0.1) is 0 Å². The molecular formula is C18H26BrNS. The van der Waals surface area contributed by atoms with E-state index in [1.807, 2.05) is 11.3 Å². The van der Waals surface area contributed by atoms with E-state index >= 15 is 0 Å². The van der Waals surface area contributed by atoms with Gasteiger partial charge in [0.25, 0.3) is 0 Å². The summed E-state index contributed by atoms with van der Waals surface area (Å²) in [7, 11) is 0. The molecule has 1 heterocycles. The van der Waals surface area contributed by atoms with Gasteiger partial charge in [0.1, 0.15) is 0 Å². The zero-order chi connectivity index (χ0) is 14.4. The van der Waals surface area contributed by atoms with Gasteiger partial charge in [0.2, 0.25) is 0 Å². The molecular weight excluding hydrogens is 342 g/mol. The van der Waals surface area contributed by atoms with Crippen molar-refractivity contribution >= 4 is 27.3 Å². The standard InChI is InChI=1S/C18H26BrNS/c1-2-20-17(15-10-21-11-16(15)19)9-18-6-12-3-13(7-18)5-14(4-12)8-18/h10-14,17,20H,2-9H2,1H3. The Morgan fingerprint density at radius 2 is 1.81 bits per heavy atom.